The van der Waals surface area contributed by atoms with Crippen LogP contribution in [0.3, 0.4) is 0 Å². The van der Waals surface area contributed by atoms with Crippen LogP contribution >= 0.6 is 0 Å². The number of carbonyl (C=O) groups excluding carboxylic acids is 2. The van der Waals surface area contributed by atoms with Gasteiger partial charge in [-0.05, 0) is 30.4 Å². The summed E-state index contributed by atoms with van der Waals surface area (Å²) < 4.78 is 10.4. The van der Waals surface area contributed by atoms with Crippen molar-refractivity contribution in [3.63, 3.8) is 0 Å². The Morgan fingerprint density at radius 2 is 1.07 bits per heavy atom. The van der Waals surface area contributed by atoms with Crippen LogP contribution in [-0.4, -0.2) is 24.0 Å². The standard InChI is InChI=1S/C21H26N2O4/c22-18(20(24)26-14-16-8-3-1-4-9-16)12-7-13-19(23)21(25)27-15-17-10-5-2-6-11-17/h1-6,8-11,18-19H,7,12-15,22-23H2/t18-,19?/m0/s1. The summed E-state index contributed by atoms with van der Waals surface area (Å²) in [5, 5.41) is 0. The van der Waals surface area contributed by atoms with Gasteiger partial charge in [0.15, 0.2) is 0 Å². The molecular formula is C21H26N2O4. The molecule has 0 bridgehead atoms. The van der Waals surface area contributed by atoms with Crippen molar-refractivity contribution in [3.8, 4) is 0 Å². The number of hydrogen-bond donors (Lipinski definition) is 2. The van der Waals surface area contributed by atoms with Crippen LogP contribution in [0.2, 0.25) is 0 Å². The minimum atomic E-state index is -0.735. The summed E-state index contributed by atoms with van der Waals surface area (Å²) in [6.07, 6.45) is 1.32. The summed E-state index contributed by atoms with van der Waals surface area (Å²) in [6, 6.07) is 17.3. The lowest BCUT2D eigenvalue weighted by molar-refractivity contribution is -0.146. The average Bonchev–Trinajstić information content (AvgIpc) is 2.71. The minimum Gasteiger partial charge on any atom is -0.460 e. The van der Waals surface area contributed by atoms with E-state index >= 15 is 0 Å². The Balaban J connectivity index is 1.62. The molecule has 6 heteroatoms. The van der Waals surface area contributed by atoms with Gasteiger partial charge in [-0.2, -0.15) is 0 Å². The van der Waals surface area contributed by atoms with Gasteiger partial charge in [-0.1, -0.05) is 60.7 Å². The van der Waals surface area contributed by atoms with E-state index in [1.54, 1.807) is 0 Å². The number of benzene rings is 2. The number of carbonyl (C=O) groups is 2. The van der Waals surface area contributed by atoms with Gasteiger partial charge in [0.2, 0.25) is 0 Å². The molecule has 144 valence electrons. The summed E-state index contributed by atoms with van der Waals surface area (Å²) >= 11 is 0. The maximum Gasteiger partial charge on any atom is 0.323 e. The molecule has 27 heavy (non-hydrogen) atoms. The molecule has 0 saturated heterocycles. The number of hydrogen-bond acceptors (Lipinski definition) is 6. The van der Waals surface area contributed by atoms with Gasteiger partial charge in [-0.3, -0.25) is 9.59 Å². The fourth-order valence-electron chi connectivity index (χ4n) is 2.46. The monoisotopic (exact) mass is 370 g/mol. The van der Waals surface area contributed by atoms with Crippen LogP contribution in [0.25, 0.3) is 0 Å². The number of esters is 2. The molecule has 0 fully saturated rings. The van der Waals surface area contributed by atoms with Crippen molar-refractivity contribution in [2.45, 2.75) is 44.6 Å². The van der Waals surface area contributed by atoms with Gasteiger partial charge in [0.25, 0.3) is 0 Å². The van der Waals surface area contributed by atoms with E-state index in [4.69, 9.17) is 20.9 Å². The normalized spacial score (nSPS) is 12.8. The molecule has 0 radical (unpaired) electrons. The van der Waals surface area contributed by atoms with Gasteiger partial charge in [0, 0.05) is 0 Å². The van der Waals surface area contributed by atoms with Crippen molar-refractivity contribution in [2.75, 3.05) is 0 Å². The SMILES string of the molecule is NC(CCC[C@H](N)C(=O)OCc1ccccc1)C(=O)OCc1ccccc1. The van der Waals surface area contributed by atoms with Crippen LogP contribution < -0.4 is 11.5 Å². The molecule has 6 nitrogen and oxygen atoms in total. The molecule has 0 spiro atoms. The Kier molecular flexibility index (Phi) is 8.48. The third-order valence-corrected chi connectivity index (χ3v) is 4.08. The molecular weight excluding hydrogens is 344 g/mol. The van der Waals surface area contributed by atoms with E-state index in [0.717, 1.165) is 11.1 Å². The zero-order valence-electron chi connectivity index (χ0n) is 15.3. The second-order valence-electron chi connectivity index (χ2n) is 6.33. The third kappa shape index (κ3) is 7.60. The van der Waals surface area contributed by atoms with Gasteiger partial charge in [0.1, 0.15) is 25.3 Å². The maximum absolute atomic E-state index is 11.9. The molecule has 0 aromatic heterocycles. The summed E-state index contributed by atoms with van der Waals surface area (Å²) in [6.45, 7) is 0.386. The molecule has 0 amide bonds. The number of ether oxygens (including phenoxy) is 2. The highest BCUT2D eigenvalue weighted by molar-refractivity contribution is 5.76. The molecule has 0 aliphatic carbocycles. The number of rotatable bonds is 10. The summed E-state index contributed by atoms with van der Waals surface area (Å²) in [5.41, 5.74) is 13.5. The molecule has 2 rings (SSSR count). The summed E-state index contributed by atoms with van der Waals surface area (Å²) in [7, 11) is 0. The van der Waals surface area contributed by atoms with Gasteiger partial charge >= 0.3 is 11.9 Å². The van der Waals surface area contributed by atoms with Crippen molar-refractivity contribution in [2.24, 2.45) is 11.5 Å². The first kappa shape index (κ1) is 20.6. The van der Waals surface area contributed by atoms with Crippen LogP contribution in [0.1, 0.15) is 30.4 Å². The van der Waals surface area contributed by atoms with Crippen molar-refractivity contribution >= 4 is 11.9 Å². The van der Waals surface area contributed by atoms with Crippen molar-refractivity contribution < 1.29 is 19.1 Å². The van der Waals surface area contributed by atoms with E-state index < -0.39 is 24.0 Å². The molecule has 4 N–H and O–H groups in total. The molecule has 0 heterocycles. The number of nitrogens with two attached hydrogens (primary N) is 2. The van der Waals surface area contributed by atoms with E-state index in [0.29, 0.717) is 19.3 Å². The van der Waals surface area contributed by atoms with Gasteiger partial charge in [-0.25, -0.2) is 0 Å². The topological polar surface area (TPSA) is 105 Å². The average molecular weight is 370 g/mol. The van der Waals surface area contributed by atoms with E-state index in [1.807, 2.05) is 60.7 Å². The van der Waals surface area contributed by atoms with E-state index in [1.165, 1.54) is 0 Å². The Bertz CT molecular complexity index is 645. The second-order valence-corrected chi connectivity index (χ2v) is 6.33. The summed E-state index contributed by atoms with van der Waals surface area (Å²) in [4.78, 5) is 23.8. The van der Waals surface area contributed by atoms with Crippen molar-refractivity contribution in [1.29, 1.82) is 0 Å². The second kappa shape index (κ2) is 11.1. The van der Waals surface area contributed by atoms with Crippen LogP contribution in [0, 0.1) is 0 Å². The summed E-state index contributed by atoms with van der Waals surface area (Å²) in [5.74, 6) is -0.918. The lowest BCUT2D eigenvalue weighted by Gasteiger charge is -2.14. The molecule has 0 aliphatic rings. The highest BCUT2D eigenvalue weighted by Crippen LogP contribution is 2.08. The smallest absolute Gasteiger partial charge is 0.323 e. The first-order chi connectivity index (χ1) is 13.1. The molecule has 2 aromatic rings. The largest absolute Gasteiger partial charge is 0.460 e. The maximum atomic E-state index is 11.9. The first-order valence-corrected chi connectivity index (χ1v) is 8.98. The van der Waals surface area contributed by atoms with Crippen LogP contribution in [-0.2, 0) is 32.3 Å². The zero-order chi connectivity index (χ0) is 19.5. The third-order valence-electron chi connectivity index (χ3n) is 4.08. The highest BCUT2D eigenvalue weighted by Gasteiger charge is 2.18. The van der Waals surface area contributed by atoms with Crippen LogP contribution in [0.5, 0.6) is 0 Å². The van der Waals surface area contributed by atoms with Gasteiger partial charge < -0.3 is 20.9 Å². The van der Waals surface area contributed by atoms with Crippen LogP contribution in [0.4, 0.5) is 0 Å². The minimum absolute atomic E-state index is 0.193. The van der Waals surface area contributed by atoms with E-state index in [2.05, 4.69) is 0 Å². The fraction of sp³-hybridized carbons (Fsp3) is 0.333. The van der Waals surface area contributed by atoms with E-state index in [-0.39, 0.29) is 13.2 Å². The predicted molar refractivity (Wildman–Crippen MR) is 102 cm³/mol. The predicted octanol–water partition coefficient (Wildman–Crippen LogP) is 2.30. The first-order valence-electron chi connectivity index (χ1n) is 8.98. The van der Waals surface area contributed by atoms with Gasteiger partial charge in [0.05, 0.1) is 0 Å². The highest BCUT2D eigenvalue weighted by atomic mass is 16.5. The molecule has 2 atom stereocenters. The lowest BCUT2D eigenvalue weighted by atomic mass is 10.1. The van der Waals surface area contributed by atoms with Crippen LogP contribution in [0.15, 0.2) is 60.7 Å². The lowest BCUT2D eigenvalue weighted by Crippen LogP contribution is -2.35. The Morgan fingerprint density at radius 3 is 1.44 bits per heavy atom. The van der Waals surface area contributed by atoms with Crippen molar-refractivity contribution in [3.05, 3.63) is 71.8 Å². The Labute approximate surface area is 159 Å². The molecule has 0 aliphatic heterocycles. The van der Waals surface area contributed by atoms with E-state index in [9.17, 15) is 9.59 Å². The Morgan fingerprint density at radius 1 is 0.704 bits per heavy atom. The molecule has 2 aromatic carbocycles. The quantitative estimate of drug-likeness (QED) is 0.622. The Hall–Kier alpha value is -2.70. The van der Waals surface area contributed by atoms with Gasteiger partial charge in [-0.15, -0.1) is 0 Å². The molecule has 1 unspecified atom stereocenters. The molecule has 0 saturated carbocycles. The zero-order valence-corrected chi connectivity index (χ0v) is 15.3. The fourth-order valence-corrected chi connectivity index (χ4v) is 2.46. The van der Waals surface area contributed by atoms with Crippen molar-refractivity contribution in [1.82, 2.24) is 0 Å².